The third-order valence-electron chi connectivity index (χ3n) is 2.43. The van der Waals surface area contributed by atoms with Crippen LogP contribution in [0, 0.1) is 5.41 Å². The summed E-state index contributed by atoms with van der Waals surface area (Å²) in [4.78, 5) is 21.9. The third-order valence-corrected chi connectivity index (χ3v) is 2.68. The van der Waals surface area contributed by atoms with Gasteiger partial charge in [-0.25, -0.2) is 0 Å². The molecule has 0 aliphatic rings. The second-order valence-corrected chi connectivity index (χ2v) is 6.35. The van der Waals surface area contributed by atoms with E-state index in [1.807, 2.05) is 27.7 Å². The van der Waals surface area contributed by atoms with Gasteiger partial charge in [0.05, 0.1) is 12.8 Å². The Morgan fingerprint density at radius 3 is 2.06 bits per heavy atom. The quantitative estimate of drug-likeness (QED) is 0.558. The fourth-order valence-electron chi connectivity index (χ4n) is 0.865. The first kappa shape index (κ1) is 17.5. The van der Waals surface area contributed by atoms with Gasteiger partial charge in [0.1, 0.15) is 17.5 Å². The van der Waals surface area contributed by atoms with Crippen LogP contribution in [0.15, 0.2) is 0 Å². The van der Waals surface area contributed by atoms with E-state index in [-0.39, 0.29) is 31.0 Å². The van der Waals surface area contributed by atoms with Gasteiger partial charge in [-0.15, -0.1) is 23.2 Å². The molecule has 0 aliphatic heterocycles. The minimum atomic E-state index is -0.748. The van der Waals surface area contributed by atoms with E-state index in [4.69, 9.17) is 32.7 Å². The van der Waals surface area contributed by atoms with Crippen molar-refractivity contribution < 1.29 is 19.1 Å². The summed E-state index contributed by atoms with van der Waals surface area (Å²) in [6.07, 6.45) is -0.249. The molecule has 0 heterocycles. The van der Waals surface area contributed by atoms with Crippen molar-refractivity contribution >= 4 is 35.1 Å². The van der Waals surface area contributed by atoms with Gasteiger partial charge >= 0.3 is 11.9 Å². The molecule has 0 saturated carbocycles. The van der Waals surface area contributed by atoms with Crippen molar-refractivity contribution in [2.45, 2.75) is 51.5 Å². The second kappa shape index (κ2) is 7.85. The lowest BCUT2D eigenvalue weighted by molar-refractivity contribution is -0.156. The van der Waals surface area contributed by atoms with E-state index in [0.29, 0.717) is 0 Å². The van der Waals surface area contributed by atoms with E-state index in [0.717, 1.165) is 0 Å². The maximum atomic E-state index is 11.5. The van der Waals surface area contributed by atoms with Crippen LogP contribution in [-0.2, 0) is 19.1 Å². The Morgan fingerprint density at radius 2 is 1.61 bits per heavy atom. The molecule has 18 heavy (non-hydrogen) atoms. The van der Waals surface area contributed by atoms with Gasteiger partial charge in [-0.3, -0.25) is 9.59 Å². The molecular formula is C12H20Cl2O4. The molecule has 0 N–H and O–H groups in total. The molecule has 0 radical (unpaired) electrons. The first-order valence-corrected chi connectivity index (χ1v) is 6.63. The van der Waals surface area contributed by atoms with Crippen LogP contribution in [0.2, 0.25) is 0 Å². The zero-order valence-electron chi connectivity index (χ0n) is 11.2. The van der Waals surface area contributed by atoms with E-state index in [2.05, 4.69) is 0 Å². The van der Waals surface area contributed by atoms with Crippen molar-refractivity contribution in [2.75, 3.05) is 6.61 Å². The van der Waals surface area contributed by atoms with Gasteiger partial charge in [0.2, 0.25) is 0 Å². The molecule has 4 nitrogen and oxygen atoms in total. The number of alkyl halides is 2. The summed E-state index contributed by atoms with van der Waals surface area (Å²) in [5.41, 5.74) is -0.124. The lowest BCUT2D eigenvalue weighted by Gasteiger charge is -2.26. The molecule has 0 fully saturated rings. The van der Waals surface area contributed by atoms with Crippen LogP contribution >= 0.6 is 23.2 Å². The second-order valence-electron chi connectivity index (χ2n) is 5.07. The van der Waals surface area contributed by atoms with Crippen molar-refractivity contribution in [2.24, 2.45) is 5.41 Å². The lowest BCUT2D eigenvalue weighted by Crippen LogP contribution is -2.28. The normalized spacial score (nSPS) is 13.3. The SMILES string of the molecule is CC(OC(=O)CCC(=O)OCC(Cl)Cl)C(C)(C)C. The van der Waals surface area contributed by atoms with Gasteiger partial charge in [0.25, 0.3) is 0 Å². The monoisotopic (exact) mass is 298 g/mol. The minimum absolute atomic E-state index is 0.00546. The Hall–Kier alpha value is -0.480. The highest BCUT2D eigenvalue weighted by molar-refractivity contribution is 6.44. The number of halogens is 2. The number of carbonyl (C=O) groups excluding carboxylic acids is 2. The lowest BCUT2D eigenvalue weighted by atomic mass is 9.90. The predicted molar refractivity (Wildman–Crippen MR) is 70.7 cm³/mol. The van der Waals surface area contributed by atoms with Crippen LogP contribution in [0.4, 0.5) is 0 Å². The molecule has 0 bridgehead atoms. The molecule has 0 amide bonds. The van der Waals surface area contributed by atoms with E-state index < -0.39 is 16.8 Å². The van der Waals surface area contributed by atoms with Gasteiger partial charge in [0.15, 0.2) is 0 Å². The Balaban J connectivity index is 3.87. The Kier molecular flexibility index (Phi) is 7.64. The van der Waals surface area contributed by atoms with Crippen LogP contribution in [0.3, 0.4) is 0 Å². The van der Waals surface area contributed by atoms with Gasteiger partial charge < -0.3 is 9.47 Å². The van der Waals surface area contributed by atoms with Crippen molar-refractivity contribution in [1.29, 1.82) is 0 Å². The molecule has 0 aliphatic carbocycles. The zero-order chi connectivity index (χ0) is 14.3. The first-order valence-electron chi connectivity index (χ1n) is 5.76. The first-order chi connectivity index (χ1) is 8.12. The van der Waals surface area contributed by atoms with E-state index in [1.54, 1.807) is 0 Å². The number of hydrogen-bond donors (Lipinski definition) is 0. The van der Waals surface area contributed by atoms with Gasteiger partial charge in [-0.2, -0.15) is 0 Å². The fourth-order valence-corrected chi connectivity index (χ4v) is 0.991. The molecule has 0 aromatic carbocycles. The van der Waals surface area contributed by atoms with Crippen molar-refractivity contribution in [3.63, 3.8) is 0 Å². The van der Waals surface area contributed by atoms with Crippen LogP contribution < -0.4 is 0 Å². The summed E-state index contributed by atoms with van der Waals surface area (Å²) in [7, 11) is 0. The van der Waals surface area contributed by atoms with E-state index >= 15 is 0 Å². The van der Waals surface area contributed by atoms with Crippen LogP contribution in [0.1, 0.15) is 40.5 Å². The molecule has 6 heteroatoms. The zero-order valence-corrected chi connectivity index (χ0v) is 12.7. The van der Waals surface area contributed by atoms with E-state index in [9.17, 15) is 9.59 Å². The summed E-state index contributed by atoms with van der Waals surface area (Å²) in [6.45, 7) is 7.66. The average molecular weight is 299 g/mol. The predicted octanol–water partition coefficient (Wildman–Crippen LogP) is 3.09. The Morgan fingerprint density at radius 1 is 1.11 bits per heavy atom. The van der Waals surface area contributed by atoms with Crippen molar-refractivity contribution in [3.05, 3.63) is 0 Å². The standard InChI is InChI=1S/C12H20Cl2O4/c1-8(12(2,3)4)18-11(16)6-5-10(15)17-7-9(13)14/h8-9H,5-7H2,1-4H3. The average Bonchev–Trinajstić information content (AvgIpc) is 2.22. The molecule has 0 aromatic rings. The molecule has 0 saturated heterocycles. The topological polar surface area (TPSA) is 52.6 Å². The van der Waals surface area contributed by atoms with Crippen LogP contribution in [0.25, 0.3) is 0 Å². The fraction of sp³-hybridized carbons (Fsp3) is 0.833. The smallest absolute Gasteiger partial charge is 0.306 e. The number of esters is 2. The number of rotatable bonds is 6. The van der Waals surface area contributed by atoms with Gasteiger partial charge in [-0.05, 0) is 12.3 Å². The Labute approximate surface area is 118 Å². The number of hydrogen-bond acceptors (Lipinski definition) is 4. The minimum Gasteiger partial charge on any atom is -0.463 e. The van der Waals surface area contributed by atoms with Crippen molar-refractivity contribution in [3.8, 4) is 0 Å². The third kappa shape index (κ3) is 8.59. The van der Waals surface area contributed by atoms with Crippen molar-refractivity contribution in [1.82, 2.24) is 0 Å². The molecule has 1 unspecified atom stereocenters. The summed E-state index contributed by atoms with van der Waals surface area (Å²) < 4.78 is 9.91. The molecule has 1 atom stereocenters. The van der Waals surface area contributed by atoms with E-state index in [1.165, 1.54) is 0 Å². The molecule has 0 spiro atoms. The van der Waals surface area contributed by atoms with Gasteiger partial charge in [0, 0.05) is 0 Å². The highest BCUT2D eigenvalue weighted by Crippen LogP contribution is 2.22. The summed E-state index contributed by atoms with van der Waals surface area (Å²) in [6, 6.07) is 0. The highest BCUT2D eigenvalue weighted by Gasteiger charge is 2.24. The summed E-state index contributed by atoms with van der Waals surface area (Å²) >= 11 is 10.8. The van der Waals surface area contributed by atoms with Gasteiger partial charge in [-0.1, -0.05) is 20.8 Å². The Bertz CT molecular complexity index is 284. The highest BCUT2D eigenvalue weighted by atomic mass is 35.5. The maximum Gasteiger partial charge on any atom is 0.306 e. The molecule has 0 aromatic heterocycles. The van der Waals surface area contributed by atoms with Crippen LogP contribution in [-0.4, -0.2) is 29.5 Å². The molecular weight excluding hydrogens is 279 g/mol. The number of ether oxygens (including phenoxy) is 2. The number of carbonyl (C=O) groups is 2. The maximum absolute atomic E-state index is 11.5. The summed E-state index contributed by atoms with van der Waals surface area (Å²) in [5, 5.41) is 0. The molecule has 106 valence electrons. The largest absolute Gasteiger partial charge is 0.463 e. The van der Waals surface area contributed by atoms with Crippen LogP contribution in [0.5, 0.6) is 0 Å². The molecule has 0 rings (SSSR count). The summed E-state index contributed by atoms with van der Waals surface area (Å²) in [5.74, 6) is -0.927.